The lowest BCUT2D eigenvalue weighted by atomic mass is 9.99. The first kappa shape index (κ1) is 22.4. The van der Waals surface area contributed by atoms with E-state index in [2.05, 4.69) is 15.1 Å². The van der Waals surface area contributed by atoms with Crippen LogP contribution < -0.4 is 4.74 Å². The van der Waals surface area contributed by atoms with Crippen LogP contribution in [0.3, 0.4) is 0 Å². The Morgan fingerprint density at radius 3 is 2.73 bits per heavy atom. The summed E-state index contributed by atoms with van der Waals surface area (Å²) >= 11 is 0. The highest BCUT2D eigenvalue weighted by Gasteiger charge is 2.31. The molecule has 0 saturated carbocycles. The predicted molar refractivity (Wildman–Crippen MR) is 121 cm³/mol. The lowest BCUT2D eigenvalue weighted by Gasteiger charge is -2.34. The first-order chi connectivity index (χ1) is 16.1. The van der Waals surface area contributed by atoms with Gasteiger partial charge in [0, 0.05) is 24.8 Å². The highest BCUT2D eigenvalue weighted by Crippen LogP contribution is 2.26. The lowest BCUT2D eigenvalue weighted by Crippen LogP contribution is -2.45. The average molecular weight is 450 g/mol. The topological polar surface area (TPSA) is 99.4 Å². The van der Waals surface area contributed by atoms with E-state index in [4.69, 9.17) is 9.47 Å². The number of carbonyl (C=O) groups excluding carboxylic acids is 2. The molecule has 1 aliphatic heterocycles. The molecule has 1 atom stereocenters. The van der Waals surface area contributed by atoms with Crippen LogP contribution in [0.15, 0.2) is 48.8 Å². The van der Waals surface area contributed by atoms with Crippen LogP contribution in [0.4, 0.5) is 0 Å². The van der Waals surface area contributed by atoms with Crippen molar-refractivity contribution >= 4 is 11.9 Å². The molecule has 9 heteroatoms. The molecule has 0 radical (unpaired) electrons. The number of aromatic nitrogens is 4. The van der Waals surface area contributed by atoms with E-state index in [9.17, 15) is 9.59 Å². The van der Waals surface area contributed by atoms with Crippen LogP contribution in [0.2, 0.25) is 0 Å². The zero-order valence-electron chi connectivity index (χ0n) is 18.8. The number of esters is 1. The number of likely N-dealkylation sites (tertiary alicyclic amines) is 1. The number of pyridine rings is 2. The van der Waals surface area contributed by atoms with Crippen molar-refractivity contribution in [1.29, 1.82) is 0 Å². The van der Waals surface area contributed by atoms with Crippen LogP contribution in [0.25, 0.3) is 17.1 Å². The number of carbonyl (C=O) groups is 2. The Balaban J connectivity index is 1.68. The fraction of sp³-hybridized carbons (Fsp3) is 0.375. The van der Waals surface area contributed by atoms with Gasteiger partial charge in [-0.2, -0.15) is 5.10 Å². The van der Waals surface area contributed by atoms with Crippen LogP contribution in [-0.4, -0.2) is 62.8 Å². The smallest absolute Gasteiger partial charge is 0.307 e. The molecule has 0 bridgehead atoms. The Kier molecular flexibility index (Phi) is 6.97. The summed E-state index contributed by atoms with van der Waals surface area (Å²) in [5.74, 6) is -0.00988. The van der Waals surface area contributed by atoms with Crippen molar-refractivity contribution in [3.63, 3.8) is 0 Å². The van der Waals surface area contributed by atoms with Crippen molar-refractivity contribution in [3.8, 4) is 23.0 Å². The molecular formula is C24H27N5O4. The number of hydrogen-bond acceptors (Lipinski definition) is 7. The van der Waals surface area contributed by atoms with Crippen LogP contribution in [0, 0.1) is 0 Å². The molecule has 0 aromatic carbocycles. The highest BCUT2D eigenvalue weighted by molar-refractivity contribution is 5.94. The van der Waals surface area contributed by atoms with Crippen molar-refractivity contribution in [2.24, 2.45) is 0 Å². The SMILES string of the molecule is CCOC(=O)CC1CCCCN1C(=O)c1cc(-c2ccccn2)n(-c2ccc(OC)nc2)n1. The van der Waals surface area contributed by atoms with Crippen molar-refractivity contribution in [1.82, 2.24) is 24.6 Å². The van der Waals surface area contributed by atoms with Crippen LogP contribution >= 0.6 is 0 Å². The number of piperidine rings is 1. The maximum Gasteiger partial charge on any atom is 0.307 e. The number of methoxy groups -OCH3 is 1. The zero-order valence-corrected chi connectivity index (χ0v) is 18.8. The summed E-state index contributed by atoms with van der Waals surface area (Å²) in [5, 5.41) is 4.63. The minimum absolute atomic E-state index is 0.190. The molecule has 1 unspecified atom stereocenters. The molecular weight excluding hydrogens is 422 g/mol. The van der Waals surface area contributed by atoms with Crippen molar-refractivity contribution in [2.75, 3.05) is 20.3 Å². The van der Waals surface area contributed by atoms with Gasteiger partial charge in [0.1, 0.15) is 0 Å². The molecule has 1 aliphatic rings. The summed E-state index contributed by atoms with van der Waals surface area (Å²) < 4.78 is 11.9. The summed E-state index contributed by atoms with van der Waals surface area (Å²) in [6.45, 7) is 2.69. The fourth-order valence-corrected chi connectivity index (χ4v) is 4.04. The summed E-state index contributed by atoms with van der Waals surface area (Å²) in [6, 6.07) is 10.7. The Morgan fingerprint density at radius 2 is 2.03 bits per heavy atom. The standard InChI is InChI=1S/C24H27N5O4/c1-3-33-23(30)14-17-8-5-7-13-28(17)24(31)20-15-21(19-9-4-6-12-25-19)29(27-20)18-10-11-22(32-2)26-16-18/h4,6,9-12,15-17H,3,5,7-8,13-14H2,1-2H3. The maximum atomic E-state index is 13.5. The Morgan fingerprint density at radius 1 is 1.15 bits per heavy atom. The Hall–Kier alpha value is -3.75. The van der Waals surface area contributed by atoms with E-state index < -0.39 is 0 Å². The molecule has 1 fully saturated rings. The van der Waals surface area contributed by atoms with Gasteiger partial charge in [0.25, 0.3) is 5.91 Å². The van der Waals surface area contributed by atoms with Gasteiger partial charge in [0.2, 0.25) is 5.88 Å². The van der Waals surface area contributed by atoms with Gasteiger partial charge >= 0.3 is 5.97 Å². The van der Waals surface area contributed by atoms with E-state index in [1.165, 1.54) is 0 Å². The van der Waals surface area contributed by atoms with Gasteiger partial charge in [0.05, 0.1) is 43.4 Å². The third-order valence-corrected chi connectivity index (χ3v) is 5.63. The molecule has 3 aromatic heterocycles. The molecule has 0 aliphatic carbocycles. The van der Waals surface area contributed by atoms with E-state index >= 15 is 0 Å². The van der Waals surface area contributed by atoms with E-state index in [1.807, 2.05) is 24.3 Å². The summed E-state index contributed by atoms with van der Waals surface area (Å²) in [6.07, 6.45) is 6.15. The van der Waals surface area contributed by atoms with Gasteiger partial charge < -0.3 is 14.4 Å². The Bertz CT molecular complexity index is 1100. The minimum Gasteiger partial charge on any atom is -0.481 e. The zero-order chi connectivity index (χ0) is 23.2. The van der Waals surface area contributed by atoms with Crippen molar-refractivity contribution in [2.45, 2.75) is 38.6 Å². The first-order valence-corrected chi connectivity index (χ1v) is 11.1. The number of hydrogen-bond donors (Lipinski definition) is 0. The van der Waals surface area contributed by atoms with Crippen LogP contribution in [0.5, 0.6) is 5.88 Å². The monoisotopic (exact) mass is 449 g/mol. The van der Waals surface area contributed by atoms with Gasteiger partial charge in [-0.05, 0) is 50.5 Å². The van der Waals surface area contributed by atoms with Gasteiger partial charge in [-0.1, -0.05) is 6.07 Å². The van der Waals surface area contributed by atoms with E-state index in [0.29, 0.717) is 41.8 Å². The van der Waals surface area contributed by atoms with E-state index in [-0.39, 0.29) is 24.3 Å². The number of amides is 1. The number of nitrogens with zero attached hydrogens (tertiary/aromatic N) is 5. The lowest BCUT2D eigenvalue weighted by molar-refractivity contribution is -0.144. The normalized spacial score (nSPS) is 15.8. The van der Waals surface area contributed by atoms with E-state index in [0.717, 1.165) is 19.3 Å². The summed E-state index contributed by atoms with van der Waals surface area (Å²) in [7, 11) is 1.55. The van der Waals surface area contributed by atoms with Crippen LogP contribution in [0.1, 0.15) is 43.1 Å². The number of ether oxygens (including phenoxy) is 2. The maximum absolute atomic E-state index is 13.5. The quantitative estimate of drug-likeness (QED) is 0.510. The first-order valence-electron chi connectivity index (χ1n) is 11.1. The Labute approximate surface area is 192 Å². The molecule has 33 heavy (non-hydrogen) atoms. The minimum atomic E-state index is -0.286. The second kappa shape index (κ2) is 10.2. The van der Waals surface area contributed by atoms with Crippen molar-refractivity contribution < 1.29 is 19.1 Å². The molecule has 0 N–H and O–H groups in total. The molecule has 9 nitrogen and oxygen atoms in total. The molecule has 3 aromatic rings. The molecule has 0 spiro atoms. The summed E-state index contributed by atoms with van der Waals surface area (Å²) in [5.41, 5.74) is 2.32. The third-order valence-electron chi connectivity index (χ3n) is 5.63. The van der Waals surface area contributed by atoms with Crippen LogP contribution in [-0.2, 0) is 9.53 Å². The number of rotatable bonds is 7. The summed E-state index contributed by atoms with van der Waals surface area (Å²) in [4.78, 5) is 36.1. The van der Waals surface area contributed by atoms with Crippen molar-refractivity contribution in [3.05, 3.63) is 54.5 Å². The fourth-order valence-electron chi connectivity index (χ4n) is 4.04. The molecule has 4 heterocycles. The van der Waals surface area contributed by atoms with Gasteiger partial charge in [0.15, 0.2) is 5.69 Å². The molecule has 1 amide bonds. The van der Waals surface area contributed by atoms with E-state index in [1.54, 1.807) is 48.1 Å². The average Bonchev–Trinajstić information content (AvgIpc) is 3.30. The predicted octanol–water partition coefficient (Wildman–Crippen LogP) is 3.29. The second-order valence-corrected chi connectivity index (χ2v) is 7.76. The molecule has 172 valence electrons. The van der Waals surface area contributed by atoms with Gasteiger partial charge in [-0.25, -0.2) is 9.67 Å². The molecule has 4 rings (SSSR count). The largest absolute Gasteiger partial charge is 0.481 e. The van der Waals surface area contributed by atoms with Gasteiger partial charge in [-0.15, -0.1) is 0 Å². The third kappa shape index (κ3) is 5.02. The van der Waals surface area contributed by atoms with Gasteiger partial charge in [-0.3, -0.25) is 14.6 Å². The second-order valence-electron chi connectivity index (χ2n) is 7.76. The highest BCUT2D eigenvalue weighted by atomic mass is 16.5. The molecule has 1 saturated heterocycles.